The molecule has 0 heterocycles. The topological polar surface area (TPSA) is 78.3 Å². The van der Waals surface area contributed by atoms with E-state index in [1.54, 1.807) is 0 Å². The van der Waals surface area contributed by atoms with Crippen molar-refractivity contribution in [1.82, 2.24) is 0 Å². The molecule has 4 heteroatoms. The van der Waals surface area contributed by atoms with E-state index >= 15 is 0 Å². The van der Waals surface area contributed by atoms with Gasteiger partial charge in [0.1, 0.15) is 17.9 Å². The van der Waals surface area contributed by atoms with Crippen molar-refractivity contribution >= 4 is 5.91 Å². The highest BCUT2D eigenvalue weighted by molar-refractivity contribution is 5.85. The molecule has 1 aliphatic rings. The van der Waals surface area contributed by atoms with Gasteiger partial charge in [-0.3, -0.25) is 4.79 Å². The van der Waals surface area contributed by atoms with Gasteiger partial charge in [-0.25, -0.2) is 0 Å². The summed E-state index contributed by atoms with van der Waals surface area (Å²) in [5.74, 6) is 0.402. The van der Waals surface area contributed by atoms with Crippen LogP contribution in [0.4, 0.5) is 0 Å². The number of nitrogens with two attached hydrogens (primary N) is 2. The summed E-state index contributed by atoms with van der Waals surface area (Å²) in [6.45, 7) is 0.150. The third kappa shape index (κ3) is 2.17. The Kier molecular flexibility index (Phi) is 2.83. The van der Waals surface area contributed by atoms with Crippen LogP contribution in [0.5, 0.6) is 5.75 Å². The Balaban J connectivity index is 2.00. The summed E-state index contributed by atoms with van der Waals surface area (Å²) in [5.41, 5.74) is 10.3. The summed E-state index contributed by atoms with van der Waals surface area (Å²) in [4.78, 5) is 11.3. The Bertz CT molecular complexity index is 376. The van der Waals surface area contributed by atoms with E-state index in [1.807, 2.05) is 30.3 Å². The van der Waals surface area contributed by atoms with Crippen LogP contribution in [0.25, 0.3) is 0 Å². The van der Waals surface area contributed by atoms with Crippen LogP contribution in [0.3, 0.4) is 0 Å². The van der Waals surface area contributed by atoms with Crippen LogP contribution in [0.1, 0.15) is 12.8 Å². The van der Waals surface area contributed by atoms with Crippen LogP contribution in [-0.4, -0.2) is 18.1 Å². The lowest BCUT2D eigenvalue weighted by Crippen LogP contribution is -2.58. The number of hydrogen-bond donors (Lipinski definition) is 2. The first kappa shape index (κ1) is 11.0. The third-order valence-electron chi connectivity index (χ3n) is 2.99. The molecule has 1 fully saturated rings. The lowest BCUT2D eigenvalue weighted by molar-refractivity contribution is -0.125. The van der Waals surface area contributed by atoms with Crippen molar-refractivity contribution in [1.29, 1.82) is 0 Å². The Morgan fingerprint density at radius 3 is 2.50 bits per heavy atom. The molecular formula is C12H16N2O2. The first-order valence-electron chi connectivity index (χ1n) is 5.39. The molecule has 86 valence electrons. The predicted octanol–water partition coefficient (Wildman–Crippen LogP) is 0.658. The van der Waals surface area contributed by atoms with Gasteiger partial charge in [0.25, 0.3) is 0 Å². The largest absolute Gasteiger partial charge is 0.491 e. The smallest absolute Gasteiger partial charge is 0.241 e. The molecule has 0 saturated heterocycles. The molecule has 16 heavy (non-hydrogen) atoms. The highest BCUT2D eigenvalue weighted by atomic mass is 16.5. The van der Waals surface area contributed by atoms with Crippen LogP contribution in [0.2, 0.25) is 0 Å². The first-order chi connectivity index (χ1) is 7.63. The Labute approximate surface area is 94.6 Å². The van der Waals surface area contributed by atoms with Crippen molar-refractivity contribution in [3.63, 3.8) is 0 Å². The zero-order valence-corrected chi connectivity index (χ0v) is 9.06. The maximum Gasteiger partial charge on any atom is 0.241 e. The van der Waals surface area contributed by atoms with Gasteiger partial charge in [0.2, 0.25) is 5.91 Å². The second-order valence-corrected chi connectivity index (χ2v) is 4.28. The SMILES string of the molecule is NC(=O)C(N)(COc1ccccc1)C1CC1. The molecule has 1 aromatic rings. The number of hydrogen-bond acceptors (Lipinski definition) is 3. The number of para-hydroxylation sites is 1. The number of carbonyl (C=O) groups excluding carboxylic acids is 1. The molecule has 2 rings (SSSR count). The van der Waals surface area contributed by atoms with Gasteiger partial charge in [0.15, 0.2) is 0 Å². The fraction of sp³-hybridized carbons (Fsp3) is 0.417. The van der Waals surface area contributed by atoms with E-state index in [0.29, 0.717) is 5.75 Å². The monoisotopic (exact) mass is 220 g/mol. The van der Waals surface area contributed by atoms with Crippen LogP contribution >= 0.6 is 0 Å². The van der Waals surface area contributed by atoms with Crippen molar-refractivity contribution in [2.24, 2.45) is 17.4 Å². The van der Waals surface area contributed by atoms with E-state index in [4.69, 9.17) is 16.2 Å². The minimum Gasteiger partial charge on any atom is -0.491 e. The maximum atomic E-state index is 11.3. The second kappa shape index (κ2) is 4.14. The highest BCUT2D eigenvalue weighted by Crippen LogP contribution is 2.38. The van der Waals surface area contributed by atoms with Crippen molar-refractivity contribution < 1.29 is 9.53 Å². The lowest BCUT2D eigenvalue weighted by atomic mass is 9.95. The molecule has 1 saturated carbocycles. The van der Waals surface area contributed by atoms with Crippen LogP contribution in [0, 0.1) is 5.92 Å². The summed E-state index contributed by atoms with van der Waals surface area (Å²) in [7, 11) is 0. The Morgan fingerprint density at radius 1 is 1.38 bits per heavy atom. The molecule has 1 atom stereocenters. The van der Waals surface area contributed by atoms with Crippen molar-refractivity contribution in [3.8, 4) is 5.75 Å². The third-order valence-corrected chi connectivity index (χ3v) is 2.99. The molecule has 1 aliphatic carbocycles. The van der Waals surface area contributed by atoms with Crippen molar-refractivity contribution in [2.75, 3.05) is 6.61 Å². The average molecular weight is 220 g/mol. The van der Waals surface area contributed by atoms with Crippen LogP contribution in [0.15, 0.2) is 30.3 Å². The molecule has 1 amide bonds. The molecule has 1 unspecified atom stereocenters. The molecule has 0 aromatic heterocycles. The number of benzene rings is 1. The standard InChI is InChI=1S/C12H16N2O2/c13-11(15)12(14,9-6-7-9)8-16-10-4-2-1-3-5-10/h1-5,9H,6-8,14H2,(H2,13,15). The minimum atomic E-state index is -1.02. The molecule has 0 bridgehead atoms. The average Bonchev–Trinajstić information content (AvgIpc) is 3.11. The van der Waals surface area contributed by atoms with Gasteiger partial charge in [-0.1, -0.05) is 18.2 Å². The fourth-order valence-electron chi connectivity index (χ4n) is 1.71. The summed E-state index contributed by atoms with van der Waals surface area (Å²) in [6.07, 6.45) is 1.91. The lowest BCUT2D eigenvalue weighted by Gasteiger charge is -2.25. The molecule has 1 aromatic carbocycles. The van der Waals surface area contributed by atoms with Gasteiger partial charge in [-0.2, -0.15) is 0 Å². The normalized spacial score (nSPS) is 18.8. The van der Waals surface area contributed by atoms with E-state index in [2.05, 4.69) is 0 Å². The number of primary amides is 1. The van der Waals surface area contributed by atoms with E-state index in [1.165, 1.54) is 0 Å². The molecule has 0 radical (unpaired) electrons. The van der Waals surface area contributed by atoms with Gasteiger partial charge < -0.3 is 16.2 Å². The molecule has 0 aliphatic heterocycles. The van der Waals surface area contributed by atoms with E-state index in [0.717, 1.165) is 12.8 Å². The maximum absolute atomic E-state index is 11.3. The summed E-state index contributed by atoms with van der Waals surface area (Å²) in [5, 5.41) is 0. The van der Waals surface area contributed by atoms with Gasteiger partial charge in [-0.05, 0) is 30.9 Å². The van der Waals surface area contributed by atoms with E-state index in [9.17, 15) is 4.79 Å². The predicted molar refractivity (Wildman–Crippen MR) is 60.8 cm³/mol. The van der Waals surface area contributed by atoms with E-state index in [-0.39, 0.29) is 12.5 Å². The fourth-order valence-corrected chi connectivity index (χ4v) is 1.71. The Hall–Kier alpha value is -1.55. The number of rotatable bonds is 5. The van der Waals surface area contributed by atoms with Crippen LogP contribution < -0.4 is 16.2 Å². The highest BCUT2D eigenvalue weighted by Gasteiger charge is 2.47. The summed E-state index contributed by atoms with van der Waals surface area (Å²) >= 11 is 0. The number of amides is 1. The minimum absolute atomic E-state index is 0.150. The zero-order chi connectivity index (χ0) is 11.6. The molecule has 4 nitrogen and oxygen atoms in total. The number of ether oxygens (including phenoxy) is 1. The first-order valence-corrected chi connectivity index (χ1v) is 5.39. The Morgan fingerprint density at radius 2 is 2.00 bits per heavy atom. The van der Waals surface area contributed by atoms with Gasteiger partial charge in [0, 0.05) is 0 Å². The second-order valence-electron chi connectivity index (χ2n) is 4.28. The summed E-state index contributed by atoms with van der Waals surface area (Å²) < 4.78 is 5.51. The van der Waals surface area contributed by atoms with Gasteiger partial charge >= 0.3 is 0 Å². The molecule has 4 N–H and O–H groups in total. The molecular weight excluding hydrogens is 204 g/mol. The van der Waals surface area contributed by atoms with Crippen molar-refractivity contribution in [2.45, 2.75) is 18.4 Å². The van der Waals surface area contributed by atoms with Crippen LogP contribution in [-0.2, 0) is 4.79 Å². The number of carbonyl (C=O) groups is 1. The quantitative estimate of drug-likeness (QED) is 0.765. The van der Waals surface area contributed by atoms with Gasteiger partial charge in [0.05, 0.1) is 0 Å². The van der Waals surface area contributed by atoms with Gasteiger partial charge in [-0.15, -0.1) is 0 Å². The van der Waals surface area contributed by atoms with E-state index < -0.39 is 11.4 Å². The van der Waals surface area contributed by atoms with Crippen molar-refractivity contribution in [3.05, 3.63) is 30.3 Å². The zero-order valence-electron chi connectivity index (χ0n) is 9.06. The summed E-state index contributed by atoms with van der Waals surface area (Å²) in [6, 6.07) is 9.30. The molecule has 0 spiro atoms.